The van der Waals surface area contributed by atoms with Crippen LogP contribution < -0.4 is 0 Å². The Bertz CT molecular complexity index is 761. The summed E-state index contributed by atoms with van der Waals surface area (Å²) in [5, 5.41) is 13.8. The number of alkyl halides is 2. The Balaban J connectivity index is 1.87. The Morgan fingerprint density at radius 2 is 2.10 bits per heavy atom. The van der Waals surface area contributed by atoms with Gasteiger partial charge in [0.15, 0.2) is 0 Å². The molecule has 1 unspecified atom stereocenters. The van der Waals surface area contributed by atoms with E-state index in [1.807, 2.05) is 24.3 Å². The van der Waals surface area contributed by atoms with Gasteiger partial charge in [0.25, 0.3) is 6.43 Å². The van der Waals surface area contributed by atoms with E-state index >= 15 is 0 Å². The second-order valence-electron chi connectivity index (χ2n) is 4.53. The molecule has 108 valence electrons. The molecule has 0 radical (unpaired) electrons. The monoisotopic (exact) mass is 291 g/mol. The Morgan fingerprint density at radius 1 is 1.24 bits per heavy atom. The molecule has 0 saturated carbocycles. The summed E-state index contributed by atoms with van der Waals surface area (Å²) in [6, 6.07) is 9.13. The van der Waals surface area contributed by atoms with Crippen molar-refractivity contribution >= 4 is 10.9 Å². The molecule has 0 aliphatic rings. The summed E-state index contributed by atoms with van der Waals surface area (Å²) in [7, 11) is 0. The number of aliphatic hydroxyl groups excluding tert-OH is 1. The molecule has 7 heteroatoms. The first kappa shape index (κ1) is 13.6. The zero-order chi connectivity index (χ0) is 14.8. The van der Waals surface area contributed by atoms with Crippen molar-refractivity contribution < 1.29 is 18.4 Å². The van der Waals surface area contributed by atoms with Crippen LogP contribution in [0.3, 0.4) is 0 Å². The van der Waals surface area contributed by atoms with Crippen molar-refractivity contribution in [3.8, 4) is 11.4 Å². The van der Waals surface area contributed by atoms with Crippen LogP contribution >= 0.6 is 0 Å². The predicted molar refractivity (Wildman–Crippen MR) is 70.7 cm³/mol. The number of aromatic nitrogens is 3. The number of hydrogen-bond acceptors (Lipinski definition) is 5. The van der Waals surface area contributed by atoms with Crippen molar-refractivity contribution in [1.82, 2.24) is 15.1 Å². The summed E-state index contributed by atoms with van der Waals surface area (Å²) < 4.78 is 29.4. The number of pyridine rings is 1. The van der Waals surface area contributed by atoms with Crippen molar-refractivity contribution in [2.45, 2.75) is 19.0 Å². The molecule has 0 bridgehead atoms. The zero-order valence-corrected chi connectivity index (χ0v) is 10.8. The third-order valence-corrected chi connectivity index (χ3v) is 3.00. The molecular formula is C14H11F2N3O2. The fourth-order valence-electron chi connectivity index (χ4n) is 1.94. The number of rotatable bonds is 4. The predicted octanol–water partition coefficient (Wildman–Crippen LogP) is 2.45. The summed E-state index contributed by atoms with van der Waals surface area (Å²) in [5.74, 6) is 0.265. The van der Waals surface area contributed by atoms with E-state index in [9.17, 15) is 8.78 Å². The molecule has 3 aromatic rings. The Hall–Kier alpha value is -2.41. The quantitative estimate of drug-likeness (QED) is 0.799. The van der Waals surface area contributed by atoms with Crippen LogP contribution in [0, 0.1) is 0 Å². The second kappa shape index (κ2) is 5.53. The van der Waals surface area contributed by atoms with E-state index in [1.54, 1.807) is 12.3 Å². The third-order valence-electron chi connectivity index (χ3n) is 3.00. The Labute approximate surface area is 118 Å². The van der Waals surface area contributed by atoms with Gasteiger partial charge in [-0.05, 0) is 24.3 Å². The van der Waals surface area contributed by atoms with Crippen LogP contribution in [-0.2, 0) is 6.42 Å². The van der Waals surface area contributed by atoms with Gasteiger partial charge < -0.3 is 9.63 Å². The first-order chi connectivity index (χ1) is 10.1. The maximum absolute atomic E-state index is 12.3. The van der Waals surface area contributed by atoms with Crippen molar-refractivity contribution in [1.29, 1.82) is 0 Å². The minimum Gasteiger partial charge on any atom is -0.387 e. The summed E-state index contributed by atoms with van der Waals surface area (Å²) in [4.78, 5) is 8.22. The largest absolute Gasteiger partial charge is 0.387 e. The maximum atomic E-state index is 12.3. The summed E-state index contributed by atoms with van der Waals surface area (Å²) in [6.45, 7) is 0. The van der Waals surface area contributed by atoms with Gasteiger partial charge in [0.1, 0.15) is 6.10 Å². The lowest BCUT2D eigenvalue weighted by Gasteiger charge is -2.04. The number of hydrogen-bond donors (Lipinski definition) is 1. The van der Waals surface area contributed by atoms with E-state index in [-0.39, 0.29) is 18.1 Å². The average Bonchev–Trinajstić information content (AvgIpc) is 2.95. The molecular weight excluding hydrogens is 280 g/mol. The Morgan fingerprint density at radius 3 is 2.90 bits per heavy atom. The van der Waals surface area contributed by atoms with E-state index in [0.29, 0.717) is 5.56 Å². The van der Waals surface area contributed by atoms with Gasteiger partial charge in [-0.25, -0.2) is 8.78 Å². The van der Waals surface area contributed by atoms with Crippen molar-refractivity contribution in [2.24, 2.45) is 0 Å². The first-order valence-corrected chi connectivity index (χ1v) is 6.27. The lowest BCUT2D eigenvalue weighted by atomic mass is 10.1. The molecule has 0 amide bonds. The molecule has 0 saturated heterocycles. The number of fused-ring (bicyclic) bond motifs is 1. The lowest BCUT2D eigenvalue weighted by molar-refractivity contribution is -0.00754. The molecule has 0 spiro atoms. The molecule has 0 fully saturated rings. The van der Waals surface area contributed by atoms with Gasteiger partial charge in [-0.1, -0.05) is 11.2 Å². The van der Waals surface area contributed by atoms with Crippen molar-refractivity contribution in [3.05, 3.63) is 42.4 Å². The van der Waals surface area contributed by atoms with E-state index < -0.39 is 12.5 Å². The van der Waals surface area contributed by atoms with E-state index in [4.69, 9.17) is 9.63 Å². The number of nitrogens with zero attached hydrogens (tertiary/aromatic N) is 3. The fourth-order valence-corrected chi connectivity index (χ4v) is 1.94. The van der Waals surface area contributed by atoms with Crippen LogP contribution in [0.25, 0.3) is 22.3 Å². The zero-order valence-electron chi connectivity index (χ0n) is 10.8. The topological polar surface area (TPSA) is 72.0 Å². The van der Waals surface area contributed by atoms with Crippen LogP contribution in [0.2, 0.25) is 0 Å². The van der Waals surface area contributed by atoms with E-state index in [0.717, 1.165) is 10.9 Å². The highest BCUT2D eigenvalue weighted by molar-refractivity contribution is 5.82. The summed E-state index contributed by atoms with van der Waals surface area (Å²) >= 11 is 0. The molecule has 1 N–H and O–H groups in total. The van der Waals surface area contributed by atoms with Gasteiger partial charge in [-0.2, -0.15) is 4.98 Å². The molecule has 5 nitrogen and oxygen atoms in total. The van der Waals surface area contributed by atoms with Crippen LogP contribution in [0.1, 0.15) is 5.89 Å². The van der Waals surface area contributed by atoms with E-state index in [2.05, 4.69) is 15.1 Å². The van der Waals surface area contributed by atoms with Crippen LogP contribution in [0.4, 0.5) is 8.78 Å². The highest BCUT2D eigenvalue weighted by Crippen LogP contribution is 2.21. The molecule has 0 aliphatic carbocycles. The molecule has 2 aromatic heterocycles. The third kappa shape index (κ3) is 2.87. The number of benzene rings is 1. The molecule has 3 rings (SSSR count). The maximum Gasteiger partial charge on any atom is 0.264 e. The van der Waals surface area contributed by atoms with Crippen LogP contribution in [0.15, 0.2) is 41.1 Å². The van der Waals surface area contributed by atoms with Crippen LogP contribution in [0.5, 0.6) is 0 Å². The average molecular weight is 291 g/mol. The summed E-state index contributed by atoms with van der Waals surface area (Å²) in [5.41, 5.74) is 1.52. The van der Waals surface area contributed by atoms with Crippen LogP contribution in [-0.4, -0.2) is 32.8 Å². The van der Waals surface area contributed by atoms with Gasteiger partial charge in [0, 0.05) is 17.1 Å². The summed E-state index contributed by atoms with van der Waals surface area (Å²) in [6.07, 6.45) is -3.33. The van der Waals surface area contributed by atoms with Gasteiger partial charge in [0.2, 0.25) is 11.7 Å². The number of halogens is 2. The SMILES string of the molecule is OC(Cc1nc(-c2ccc3ncccc3c2)no1)C(F)F. The highest BCUT2D eigenvalue weighted by Gasteiger charge is 2.21. The second-order valence-corrected chi connectivity index (χ2v) is 4.53. The number of aliphatic hydroxyl groups is 1. The minimum atomic E-state index is -2.84. The standard InChI is InChI=1S/C14H11F2N3O2/c15-13(16)11(20)7-12-18-14(19-21-12)9-3-4-10-8(6-9)2-1-5-17-10/h1-6,11,13,20H,7H2. The van der Waals surface area contributed by atoms with Crippen molar-refractivity contribution in [3.63, 3.8) is 0 Å². The molecule has 1 atom stereocenters. The minimum absolute atomic E-state index is 0.0240. The van der Waals surface area contributed by atoms with Gasteiger partial charge >= 0.3 is 0 Å². The molecule has 21 heavy (non-hydrogen) atoms. The smallest absolute Gasteiger partial charge is 0.264 e. The molecule has 2 heterocycles. The van der Waals surface area contributed by atoms with Gasteiger partial charge in [-0.3, -0.25) is 4.98 Å². The molecule has 0 aliphatic heterocycles. The first-order valence-electron chi connectivity index (χ1n) is 6.27. The van der Waals surface area contributed by atoms with E-state index in [1.165, 1.54) is 0 Å². The lowest BCUT2D eigenvalue weighted by Crippen LogP contribution is -2.20. The highest BCUT2D eigenvalue weighted by atomic mass is 19.3. The van der Waals surface area contributed by atoms with Crippen molar-refractivity contribution in [2.75, 3.05) is 0 Å². The fraction of sp³-hybridized carbons (Fsp3) is 0.214. The molecule has 1 aromatic carbocycles. The van der Waals surface area contributed by atoms with Gasteiger partial charge in [-0.15, -0.1) is 0 Å². The normalized spacial score (nSPS) is 13.0. The Kier molecular flexibility index (Phi) is 3.57. The van der Waals surface area contributed by atoms with Gasteiger partial charge in [0.05, 0.1) is 11.9 Å².